The van der Waals surface area contributed by atoms with Crippen molar-refractivity contribution in [3.05, 3.63) is 63.6 Å². The van der Waals surface area contributed by atoms with E-state index in [2.05, 4.69) is 10.0 Å². The molecule has 0 unspecified atom stereocenters. The Balaban J connectivity index is 1.95. The summed E-state index contributed by atoms with van der Waals surface area (Å²) in [6, 6.07) is 11.3. The lowest BCUT2D eigenvalue weighted by atomic mass is 10.2. The third-order valence-electron chi connectivity index (χ3n) is 3.68. The molecule has 0 aromatic heterocycles. The molecule has 0 atom stereocenters. The van der Waals surface area contributed by atoms with Gasteiger partial charge in [0.25, 0.3) is 5.91 Å². The van der Waals surface area contributed by atoms with Crippen LogP contribution in [0.25, 0.3) is 0 Å². The first kappa shape index (κ1) is 21.5. The van der Waals surface area contributed by atoms with Gasteiger partial charge in [-0.2, -0.15) is 0 Å². The van der Waals surface area contributed by atoms with Crippen LogP contribution in [-0.2, 0) is 21.2 Å². The summed E-state index contributed by atoms with van der Waals surface area (Å²) in [5.41, 5.74) is 1.47. The molecule has 0 aliphatic heterocycles. The number of hydrogen-bond acceptors (Lipinski definition) is 4. The molecule has 9 heteroatoms. The van der Waals surface area contributed by atoms with Crippen molar-refractivity contribution in [1.82, 2.24) is 5.32 Å². The Labute approximate surface area is 168 Å². The first-order valence-corrected chi connectivity index (χ1v) is 10.5. The normalized spacial score (nSPS) is 11.2. The summed E-state index contributed by atoms with van der Waals surface area (Å²) in [5, 5.41) is 3.44. The van der Waals surface area contributed by atoms with Gasteiger partial charge in [0.15, 0.2) is 0 Å². The largest absolute Gasteiger partial charge is 0.383 e. The van der Waals surface area contributed by atoms with E-state index in [1.807, 2.05) is 0 Å². The molecule has 0 aliphatic rings. The summed E-state index contributed by atoms with van der Waals surface area (Å²) in [6.45, 7) is 0.816. The SMILES string of the molecule is COCCNC(=O)c1ccc(NS(=O)(=O)CCc2cccc(Cl)c2Cl)cc1. The number of sulfonamides is 1. The fourth-order valence-corrected chi connectivity index (χ4v) is 3.78. The molecule has 27 heavy (non-hydrogen) atoms. The van der Waals surface area contributed by atoms with E-state index in [-0.39, 0.29) is 18.1 Å². The Hall–Kier alpha value is -1.80. The number of hydrogen-bond donors (Lipinski definition) is 2. The van der Waals surface area contributed by atoms with E-state index in [0.717, 1.165) is 0 Å². The molecule has 2 aromatic carbocycles. The van der Waals surface area contributed by atoms with E-state index >= 15 is 0 Å². The number of ether oxygens (including phenoxy) is 1. The predicted molar refractivity (Wildman–Crippen MR) is 108 cm³/mol. The van der Waals surface area contributed by atoms with E-state index in [1.54, 1.807) is 37.4 Å². The Bertz CT molecular complexity index is 887. The molecule has 0 radical (unpaired) electrons. The van der Waals surface area contributed by atoms with Crippen molar-refractivity contribution in [1.29, 1.82) is 0 Å². The molecular weight excluding hydrogens is 411 g/mol. The number of methoxy groups -OCH3 is 1. The van der Waals surface area contributed by atoms with E-state index in [4.69, 9.17) is 27.9 Å². The maximum Gasteiger partial charge on any atom is 0.251 e. The molecule has 6 nitrogen and oxygen atoms in total. The molecule has 2 N–H and O–H groups in total. The average molecular weight is 431 g/mol. The molecule has 0 bridgehead atoms. The Kier molecular flexibility index (Phi) is 7.91. The zero-order valence-corrected chi connectivity index (χ0v) is 17.0. The zero-order valence-electron chi connectivity index (χ0n) is 14.7. The second kappa shape index (κ2) is 9.94. The zero-order chi connectivity index (χ0) is 19.9. The summed E-state index contributed by atoms with van der Waals surface area (Å²) in [6.07, 6.45) is 0.231. The number of carbonyl (C=O) groups excluding carboxylic acids is 1. The van der Waals surface area contributed by atoms with Crippen LogP contribution in [0.5, 0.6) is 0 Å². The first-order valence-electron chi connectivity index (χ1n) is 8.13. The molecule has 0 spiro atoms. The van der Waals surface area contributed by atoms with Crippen molar-refractivity contribution in [2.75, 3.05) is 30.7 Å². The minimum Gasteiger partial charge on any atom is -0.383 e. The maximum absolute atomic E-state index is 12.3. The van der Waals surface area contributed by atoms with Crippen molar-refractivity contribution in [2.45, 2.75) is 6.42 Å². The van der Waals surface area contributed by atoms with Gasteiger partial charge >= 0.3 is 0 Å². The van der Waals surface area contributed by atoms with Crippen molar-refractivity contribution in [2.24, 2.45) is 0 Å². The molecule has 0 fully saturated rings. The second-order valence-electron chi connectivity index (χ2n) is 5.71. The highest BCUT2D eigenvalue weighted by Crippen LogP contribution is 2.26. The van der Waals surface area contributed by atoms with Crippen molar-refractivity contribution in [3.8, 4) is 0 Å². The van der Waals surface area contributed by atoms with Gasteiger partial charge in [-0.05, 0) is 42.3 Å². The highest BCUT2D eigenvalue weighted by atomic mass is 35.5. The molecular formula is C18H20Cl2N2O4S. The van der Waals surface area contributed by atoms with Crippen LogP contribution in [0.4, 0.5) is 5.69 Å². The monoisotopic (exact) mass is 430 g/mol. The number of aryl methyl sites for hydroxylation is 1. The Morgan fingerprint density at radius 3 is 2.48 bits per heavy atom. The lowest BCUT2D eigenvalue weighted by Gasteiger charge is -2.10. The molecule has 0 saturated heterocycles. The van der Waals surface area contributed by atoms with Gasteiger partial charge in [0.1, 0.15) is 0 Å². The minimum atomic E-state index is -3.58. The van der Waals surface area contributed by atoms with E-state index in [0.29, 0.717) is 40.0 Å². The number of benzene rings is 2. The van der Waals surface area contributed by atoms with Crippen LogP contribution in [0.3, 0.4) is 0 Å². The van der Waals surface area contributed by atoms with Crippen LogP contribution in [-0.4, -0.2) is 40.3 Å². The number of rotatable bonds is 9. The first-order chi connectivity index (χ1) is 12.8. The van der Waals surface area contributed by atoms with Crippen LogP contribution in [0, 0.1) is 0 Å². The summed E-state index contributed by atoms with van der Waals surface area (Å²) >= 11 is 12.0. The topological polar surface area (TPSA) is 84.5 Å². The number of nitrogens with one attached hydrogen (secondary N) is 2. The fraction of sp³-hybridized carbons (Fsp3) is 0.278. The summed E-state index contributed by atoms with van der Waals surface area (Å²) in [7, 11) is -2.03. The van der Waals surface area contributed by atoms with Crippen LogP contribution >= 0.6 is 23.2 Å². The van der Waals surface area contributed by atoms with E-state index in [1.165, 1.54) is 12.1 Å². The number of carbonyl (C=O) groups is 1. The Morgan fingerprint density at radius 1 is 1.11 bits per heavy atom. The van der Waals surface area contributed by atoms with E-state index < -0.39 is 10.0 Å². The number of amides is 1. The van der Waals surface area contributed by atoms with Gasteiger partial charge in [-0.1, -0.05) is 35.3 Å². The van der Waals surface area contributed by atoms with Gasteiger partial charge < -0.3 is 10.1 Å². The van der Waals surface area contributed by atoms with Crippen LogP contribution < -0.4 is 10.0 Å². The van der Waals surface area contributed by atoms with E-state index in [9.17, 15) is 13.2 Å². The van der Waals surface area contributed by atoms with Gasteiger partial charge in [-0.25, -0.2) is 8.42 Å². The fourth-order valence-electron chi connectivity index (χ4n) is 2.27. The summed E-state index contributed by atoms with van der Waals surface area (Å²) in [4.78, 5) is 11.9. The van der Waals surface area contributed by atoms with Gasteiger partial charge in [0, 0.05) is 24.9 Å². The third-order valence-corrected chi connectivity index (χ3v) is 5.83. The van der Waals surface area contributed by atoms with Crippen LogP contribution in [0.2, 0.25) is 10.0 Å². The molecule has 0 aliphatic carbocycles. The number of anilines is 1. The quantitative estimate of drug-likeness (QED) is 0.597. The van der Waals surface area contributed by atoms with Gasteiger partial charge in [0.05, 0.1) is 22.4 Å². The molecule has 2 aromatic rings. The predicted octanol–water partition coefficient (Wildman–Crippen LogP) is 3.35. The van der Waals surface area contributed by atoms with Gasteiger partial charge in [-0.3, -0.25) is 9.52 Å². The van der Waals surface area contributed by atoms with Crippen LogP contribution in [0.15, 0.2) is 42.5 Å². The number of halogens is 2. The molecule has 0 saturated carbocycles. The molecule has 0 heterocycles. The molecule has 2 rings (SSSR count). The van der Waals surface area contributed by atoms with Gasteiger partial charge in [-0.15, -0.1) is 0 Å². The third kappa shape index (κ3) is 6.70. The molecule has 1 amide bonds. The smallest absolute Gasteiger partial charge is 0.251 e. The van der Waals surface area contributed by atoms with Crippen molar-refractivity contribution < 1.29 is 17.9 Å². The van der Waals surface area contributed by atoms with Crippen LogP contribution in [0.1, 0.15) is 15.9 Å². The Morgan fingerprint density at radius 2 is 1.81 bits per heavy atom. The highest BCUT2D eigenvalue weighted by molar-refractivity contribution is 7.92. The van der Waals surface area contributed by atoms with Crippen molar-refractivity contribution >= 4 is 44.8 Å². The standard InChI is InChI=1S/C18H20Cl2N2O4S/c1-26-11-10-21-18(23)14-5-7-15(8-6-14)22-27(24,25)12-9-13-3-2-4-16(19)17(13)20/h2-8,22H,9-12H2,1H3,(H,21,23). The summed E-state index contributed by atoms with van der Waals surface area (Å²) in [5.74, 6) is -0.399. The van der Waals surface area contributed by atoms with Crippen molar-refractivity contribution in [3.63, 3.8) is 0 Å². The van der Waals surface area contributed by atoms with Gasteiger partial charge in [0.2, 0.25) is 10.0 Å². The lowest BCUT2D eigenvalue weighted by Crippen LogP contribution is -2.26. The maximum atomic E-state index is 12.3. The molecule has 146 valence electrons. The summed E-state index contributed by atoms with van der Waals surface area (Å²) < 4.78 is 31.9. The average Bonchev–Trinajstić information content (AvgIpc) is 2.63. The highest BCUT2D eigenvalue weighted by Gasteiger charge is 2.14. The second-order valence-corrected chi connectivity index (χ2v) is 8.34. The minimum absolute atomic E-state index is 0.147. The lowest BCUT2D eigenvalue weighted by molar-refractivity contribution is 0.0937.